The van der Waals surface area contributed by atoms with Crippen molar-refractivity contribution in [3.8, 4) is 0 Å². The number of morpholine rings is 1. The maximum absolute atomic E-state index is 13.1. The number of benzene rings is 1. The molecule has 4 rings (SSSR count). The highest BCUT2D eigenvalue weighted by Crippen LogP contribution is 2.21. The van der Waals surface area contributed by atoms with Crippen molar-refractivity contribution in [1.82, 2.24) is 14.7 Å². The van der Waals surface area contributed by atoms with Crippen molar-refractivity contribution in [3.63, 3.8) is 0 Å². The number of amides is 3. The van der Waals surface area contributed by atoms with E-state index in [2.05, 4.69) is 35.5 Å². The van der Waals surface area contributed by atoms with Gasteiger partial charge in [-0.3, -0.25) is 19.5 Å². The fourth-order valence-corrected chi connectivity index (χ4v) is 4.74. The van der Waals surface area contributed by atoms with E-state index < -0.39 is 6.04 Å². The molecule has 2 saturated heterocycles. The Morgan fingerprint density at radius 1 is 1.06 bits per heavy atom. The largest absolute Gasteiger partial charge is 0.373 e. The molecule has 0 saturated carbocycles. The number of carbonyl (C=O) groups is 2. The zero-order chi connectivity index (χ0) is 22.1. The number of hydrogen-bond acceptors (Lipinski definition) is 5. The van der Waals surface area contributed by atoms with Gasteiger partial charge in [-0.1, -0.05) is 30.3 Å². The maximum atomic E-state index is 13.1. The van der Waals surface area contributed by atoms with Crippen LogP contribution in [0.1, 0.15) is 25.8 Å². The van der Waals surface area contributed by atoms with E-state index in [1.54, 1.807) is 14.1 Å². The molecule has 3 amide bonds. The number of carbonyl (C=O) groups excluding carboxylic acids is 2. The standard InChI is InChI=1S/C23H32N5O3/c1-16-13-27(14-17(2)31-16)15-19-24-21-20(22(29)26(4)23(30)25(21)3)28(19)12-8-11-18-9-6-5-7-10-18/h5-7,9-10,16-17,20H,8,11-15H2,1-4H3/q+1. The summed E-state index contributed by atoms with van der Waals surface area (Å²) in [5.74, 6) is 1.19. The Labute approximate surface area is 183 Å². The quantitative estimate of drug-likeness (QED) is 0.646. The fourth-order valence-electron chi connectivity index (χ4n) is 4.74. The van der Waals surface area contributed by atoms with Gasteiger partial charge < -0.3 is 4.74 Å². The minimum Gasteiger partial charge on any atom is -0.373 e. The molecule has 3 aliphatic heterocycles. The molecule has 1 aromatic rings. The number of likely N-dealkylation sites (N-methyl/N-ethyl adjacent to an activating group) is 2. The van der Waals surface area contributed by atoms with Crippen LogP contribution in [0.25, 0.3) is 0 Å². The molecule has 0 spiro atoms. The highest BCUT2D eigenvalue weighted by molar-refractivity contribution is 6.23. The monoisotopic (exact) mass is 426 g/mol. The van der Waals surface area contributed by atoms with Crippen molar-refractivity contribution in [2.24, 2.45) is 4.99 Å². The van der Waals surface area contributed by atoms with Crippen LogP contribution >= 0.6 is 0 Å². The predicted octanol–water partition coefficient (Wildman–Crippen LogP) is 1.44. The molecule has 1 aromatic carbocycles. The molecular weight excluding hydrogens is 394 g/mol. The average molecular weight is 427 g/mol. The van der Waals surface area contributed by atoms with E-state index in [1.165, 1.54) is 15.4 Å². The molecular formula is C23H32N5O3+. The van der Waals surface area contributed by atoms with Gasteiger partial charge >= 0.3 is 11.9 Å². The van der Waals surface area contributed by atoms with Gasteiger partial charge in [0, 0.05) is 27.2 Å². The van der Waals surface area contributed by atoms with Crippen LogP contribution in [0.15, 0.2) is 35.3 Å². The van der Waals surface area contributed by atoms with Crippen LogP contribution in [-0.2, 0) is 16.0 Å². The topological polar surface area (TPSA) is 68.5 Å². The van der Waals surface area contributed by atoms with Crippen molar-refractivity contribution in [3.05, 3.63) is 35.9 Å². The van der Waals surface area contributed by atoms with Crippen LogP contribution < -0.4 is 0 Å². The lowest BCUT2D eigenvalue weighted by molar-refractivity contribution is -0.536. The molecule has 8 heteroatoms. The van der Waals surface area contributed by atoms with E-state index in [4.69, 9.17) is 9.73 Å². The summed E-state index contributed by atoms with van der Waals surface area (Å²) >= 11 is 0. The molecule has 0 aromatic heterocycles. The molecule has 0 radical (unpaired) electrons. The Hall–Kier alpha value is -2.58. The van der Waals surface area contributed by atoms with Gasteiger partial charge in [-0.2, -0.15) is 0 Å². The van der Waals surface area contributed by atoms with Gasteiger partial charge in [0.05, 0.1) is 18.8 Å². The second-order valence-corrected chi connectivity index (χ2v) is 8.76. The predicted molar refractivity (Wildman–Crippen MR) is 118 cm³/mol. The lowest BCUT2D eigenvalue weighted by atomic mass is 10.1. The number of aliphatic imine (C=N–C) groups is 1. The van der Waals surface area contributed by atoms with E-state index in [1.807, 2.05) is 18.2 Å². The first-order valence-electron chi connectivity index (χ1n) is 11.0. The summed E-state index contributed by atoms with van der Waals surface area (Å²) in [6.07, 6.45) is 2.14. The van der Waals surface area contributed by atoms with E-state index in [0.29, 0.717) is 18.9 Å². The third-order valence-electron chi connectivity index (χ3n) is 6.18. The Kier molecular flexibility index (Phi) is 6.20. The van der Waals surface area contributed by atoms with Crippen LogP contribution in [0.3, 0.4) is 0 Å². The molecule has 31 heavy (non-hydrogen) atoms. The van der Waals surface area contributed by atoms with E-state index in [-0.39, 0.29) is 24.1 Å². The number of amidine groups is 2. The molecule has 3 unspecified atom stereocenters. The molecule has 0 N–H and O–H groups in total. The average Bonchev–Trinajstić information content (AvgIpc) is 3.09. The smallest absolute Gasteiger partial charge is 0.333 e. The molecule has 0 aliphatic carbocycles. The first kappa shape index (κ1) is 21.6. The third kappa shape index (κ3) is 4.41. The SMILES string of the molecule is CC1CN(CC2=[N+](CCCc3ccccc3)C3C(=O)N(C)C(=O)N(C)C3=N2)CC(C)O1. The van der Waals surface area contributed by atoms with E-state index in [0.717, 1.165) is 31.8 Å². The minimum atomic E-state index is -0.533. The Morgan fingerprint density at radius 2 is 1.74 bits per heavy atom. The van der Waals surface area contributed by atoms with Crippen LogP contribution in [0.4, 0.5) is 4.79 Å². The Balaban J connectivity index is 1.57. The zero-order valence-corrected chi connectivity index (χ0v) is 18.8. The zero-order valence-electron chi connectivity index (χ0n) is 18.8. The summed E-state index contributed by atoms with van der Waals surface area (Å²) < 4.78 is 7.97. The van der Waals surface area contributed by atoms with Gasteiger partial charge in [-0.05, 0) is 37.2 Å². The Bertz CT molecular complexity index is 903. The third-order valence-corrected chi connectivity index (χ3v) is 6.18. The van der Waals surface area contributed by atoms with Crippen molar-refractivity contribution in [2.45, 2.75) is 44.9 Å². The van der Waals surface area contributed by atoms with E-state index in [9.17, 15) is 9.59 Å². The summed E-state index contributed by atoms with van der Waals surface area (Å²) in [6, 6.07) is 9.49. The maximum Gasteiger partial charge on any atom is 0.333 e. The van der Waals surface area contributed by atoms with Crippen LogP contribution in [0, 0.1) is 0 Å². The molecule has 3 atom stereocenters. The number of rotatable bonds is 6. The number of imide groups is 1. The number of nitrogens with zero attached hydrogens (tertiary/aromatic N) is 5. The molecule has 3 aliphatic rings. The normalized spacial score (nSPS) is 27.1. The van der Waals surface area contributed by atoms with Crippen molar-refractivity contribution >= 4 is 23.6 Å². The van der Waals surface area contributed by atoms with Crippen LogP contribution in [0.2, 0.25) is 0 Å². The van der Waals surface area contributed by atoms with Gasteiger partial charge in [-0.15, -0.1) is 0 Å². The first-order valence-corrected chi connectivity index (χ1v) is 11.0. The summed E-state index contributed by atoms with van der Waals surface area (Å²) in [5.41, 5.74) is 1.28. The molecule has 8 nitrogen and oxygen atoms in total. The Morgan fingerprint density at radius 3 is 2.42 bits per heavy atom. The summed E-state index contributed by atoms with van der Waals surface area (Å²) in [4.78, 5) is 35.4. The number of aryl methyl sites for hydroxylation is 1. The molecule has 2 fully saturated rings. The first-order chi connectivity index (χ1) is 14.8. The highest BCUT2D eigenvalue weighted by atomic mass is 16.5. The highest BCUT2D eigenvalue weighted by Gasteiger charge is 2.53. The minimum absolute atomic E-state index is 0.157. The van der Waals surface area contributed by atoms with Gasteiger partial charge in [0.25, 0.3) is 17.8 Å². The van der Waals surface area contributed by atoms with Gasteiger partial charge in [0.1, 0.15) is 6.54 Å². The van der Waals surface area contributed by atoms with Gasteiger partial charge in [0.2, 0.25) is 0 Å². The van der Waals surface area contributed by atoms with Crippen molar-refractivity contribution in [2.75, 3.05) is 40.3 Å². The second kappa shape index (κ2) is 8.88. The van der Waals surface area contributed by atoms with Gasteiger partial charge in [0.15, 0.2) is 0 Å². The summed E-state index contributed by atoms with van der Waals surface area (Å²) in [6.45, 7) is 7.15. The van der Waals surface area contributed by atoms with Crippen LogP contribution in [0.5, 0.6) is 0 Å². The molecule has 3 heterocycles. The van der Waals surface area contributed by atoms with Gasteiger partial charge in [-0.25, -0.2) is 9.37 Å². The number of urea groups is 1. The number of fused-ring (bicyclic) bond motifs is 1. The second-order valence-electron chi connectivity index (χ2n) is 8.76. The molecule has 0 bridgehead atoms. The van der Waals surface area contributed by atoms with E-state index >= 15 is 0 Å². The lowest BCUT2D eigenvalue weighted by Crippen LogP contribution is -2.61. The lowest BCUT2D eigenvalue weighted by Gasteiger charge is -2.34. The summed E-state index contributed by atoms with van der Waals surface area (Å²) in [5, 5.41) is 0. The van der Waals surface area contributed by atoms with Crippen LogP contribution in [-0.4, -0.2) is 101 Å². The van der Waals surface area contributed by atoms with Crippen molar-refractivity contribution < 1.29 is 18.9 Å². The number of hydrogen-bond donors (Lipinski definition) is 0. The summed E-state index contributed by atoms with van der Waals surface area (Å²) in [7, 11) is 3.24. The number of ether oxygens (including phenoxy) is 1. The fraction of sp³-hybridized carbons (Fsp3) is 0.565. The molecule has 166 valence electrons. The van der Waals surface area contributed by atoms with Crippen molar-refractivity contribution in [1.29, 1.82) is 0 Å².